The Balaban J connectivity index is 1.07. The number of anilines is 1. The number of methoxy groups -OCH3 is 3. The van der Waals surface area contributed by atoms with Gasteiger partial charge in [-0.05, 0) is 78.9 Å². The smallest absolute Gasteiger partial charge is 0.253 e. The van der Waals surface area contributed by atoms with E-state index in [1.807, 2.05) is 18.2 Å². The van der Waals surface area contributed by atoms with Crippen molar-refractivity contribution < 1.29 is 27.8 Å². The maximum absolute atomic E-state index is 13.9. The molecule has 3 aromatic carbocycles. The molecule has 1 aliphatic heterocycles. The summed E-state index contributed by atoms with van der Waals surface area (Å²) in [5.74, 6) is 1.63. The van der Waals surface area contributed by atoms with Crippen molar-refractivity contribution in [3.05, 3.63) is 101 Å². The van der Waals surface area contributed by atoms with E-state index in [1.54, 1.807) is 36.6 Å². The maximum Gasteiger partial charge on any atom is 0.253 e. The molecule has 0 saturated carbocycles. The first-order chi connectivity index (χ1) is 23.8. The summed E-state index contributed by atoms with van der Waals surface area (Å²) < 4.78 is 35.5. The molecule has 1 amide bonds. The van der Waals surface area contributed by atoms with Gasteiger partial charge in [0.05, 0.1) is 44.9 Å². The summed E-state index contributed by atoms with van der Waals surface area (Å²) in [6.45, 7) is 3.22. The number of carbonyl (C=O) groups is 1. The van der Waals surface area contributed by atoms with Gasteiger partial charge < -0.3 is 38.7 Å². The zero-order valence-electron chi connectivity index (χ0n) is 28.5. The molecule has 1 atom stereocenters. The first-order valence-electron chi connectivity index (χ1n) is 16.6. The van der Waals surface area contributed by atoms with Gasteiger partial charge >= 0.3 is 0 Å². The van der Waals surface area contributed by atoms with Crippen LogP contribution in [0.3, 0.4) is 0 Å². The van der Waals surface area contributed by atoms with Crippen molar-refractivity contribution in [1.29, 1.82) is 0 Å². The van der Waals surface area contributed by atoms with E-state index in [4.69, 9.17) is 23.6 Å². The Bertz CT molecular complexity index is 1810. The van der Waals surface area contributed by atoms with Crippen LogP contribution in [0.5, 0.6) is 17.2 Å². The molecule has 0 bridgehead atoms. The Morgan fingerprint density at radius 2 is 1.80 bits per heavy atom. The molecule has 1 aliphatic rings. The van der Waals surface area contributed by atoms with Gasteiger partial charge in [0, 0.05) is 50.6 Å². The van der Waals surface area contributed by atoms with Gasteiger partial charge in [-0.25, -0.2) is 9.37 Å². The third-order valence-electron chi connectivity index (χ3n) is 9.39. The fourth-order valence-electron chi connectivity index (χ4n) is 6.69. The molecule has 0 radical (unpaired) electrons. The van der Waals surface area contributed by atoms with Crippen molar-refractivity contribution in [1.82, 2.24) is 19.8 Å². The summed E-state index contributed by atoms with van der Waals surface area (Å²) in [7, 11) is 6.37. The zero-order chi connectivity index (χ0) is 34.3. The lowest BCUT2D eigenvalue weighted by molar-refractivity contribution is 0.0781. The van der Waals surface area contributed by atoms with Crippen molar-refractivity contribution in [3.63, 3.8) is 0 Å². The maximum atomic E-state index is 13.9. The summed E-state index contributed by atoms with van der Waals surface area (Å²) in [5, 5.41) is 3.63. The Morgan fingerprint density at radius 3 is 2.45 bits per heavy atom. The summed E-state index contributed by atoms with van der Waals surface area (Å²) in [5.41, 5.74) is 5.70. The van der Waals surface area contributed by atoms with E-state index in [0.29, 0.717) is 35.4 Å². The number of benzene rings is 3. The molecule has 2 N–H and O–H groups in total. The zero-order valence-corrected chi connectivity index (χ0v) is 28.5. The van der Waals surface area contributed by atoms with Crippen LogP contribution in [-0.2, 0) is 6.42 Å². The molecule has 0 aliphatic carbocycles. The molecule has 10 nitrogen and oxygen atoms in total. The Labute approximate surface area is 286 Å². The number of hydrogen-bond donors (Lipinski definition) is 2. The number of H-pyrrole nitrogens is 1. The van der Waals surface area contributed by atoms with Crippen LogP contribution in [0.1, 0.15) is 52.2 Å². The topological polar surface area (TPSA) is 105 Å². The highest BCUT2D eigenvalue weighted by atomic mass is 19.1. The number of carbonyl (C=O) groups excluding carboxylic acids is 1. The normalized spacial score (nSPS) is 14.5. The third-order valence-corrected chi connectivity index (χ3v) is 9.39. The molecule has 3 heterocycles. The van der Waals surface area contributed by atoms with E-state index in [9.17, 15) is 9.18 Å². The minimum Gasteiger partial charge on any atom is -0.493 e. The molecule has 1 saturated heterocycles. The van der Waals surface area contributed by atoms with Gasteiger partial charge in [0.25, 0.3) is 5.91 Å². The number of imidazole rings is 1. The van der Waals surface area contributed by atoms with Crippen LogP contribution in [0.4, 0.5) is 10.3 Å². The number of para-hydroxylation sites is 1. The SMILES string of the molecule is COc1cc(C(=O)N(C)CC(CCN2CCC(Nc3nc4c(Cc5ccoc5)cccc4[nH]3)CC2)c2ccc(F)cc2)cc(OC)c1OC. The number of likely N-dealkylation sites (N-methyl/N-ethyl adjacent to an activating group) is 1. The number of nitrogens with one attached hydrogen (secondary N) is 2. The van der Waals surface area contributed by atoms with Gasteiger partial charge in [-0.1, -0.05) is 24.3 Å². The summed E-state index contributed by atoms with van der Waals surface area (Å²) in [6, 6.07) is 18.5. The van der Waals surface area contributed by atoms with E-state index in [1.165, 1.54) is 33.5 Å². The predicted molar refractivity (Wildman–Crippen MR) is 188 cm³/mol. The Morgan fingerprint density at radius 1 is 1.06 bits per heavy atom. The van der Waals surface area contributed by atoms with Crippen LogP contribution in [0, 0.1) is 5.82 Å². The molecule has 258 valence electrons. The third kappa shape index (κ3) is 8.00. The minimum absolute atomic E-state index is 0.0132. The molecule has 2 aromatic heterocycles. The van der Waals surface area contributed by atoms with E-state index in [2.05, 4.69) is 33.4 Å². The monoisotopic (exact) mass is 669 g/mol. The second-order valence-corrected chi connectivity index (χ2v) is 12.6. The van der Waals surface area contributed by atoms with Crippen molar-refractivity contribution in [2.75, 3.05) is 59.9 Å². The quantitative estimate of drug-likeness (QED) is 0.134. The average molecular weight is 670 g/mol. The number of likely N-dealkylation sites (tertiary alicyclic amines) is 1. The fraction of sp³-hybridized carbons (Fsp3) is 0.368. The van der Waals surface area contributed by atoms with Crippen LogP contribution in [0.15, 0.2) is 77.6 Å². The fourth-order valence-corrected chi connectivity index (χ4v) is 6.69. The van der Waals surface area contributed by atoms with Crippen LogP contribution < -0.4 is 19.5 Å². The number of aromatic nitrogens is 2. The summed E-state index contributed by atoms with van der Waals surface area (Å²) in [6.07, 6.45) is 7.03. The molecular weight excluding hydrogens is 625 g/mol. The van der Waals surface area contributed by atoms with E-state index >= 15 is 0 Å². The highest BCUT2D eigenvalue weighted by Gasteiger charge is 2.25. The second kappa shape index (κ2) is 15.5. The van der Waals surface area contributed by atoms with Crippen LogP contribution in [-0.4, -0.2) is 86.3 Å². The largest absolute Gasteiger partial charge is 0.493 e. The van der Waals surface area contributed by atoms with Gasteiger partial charge in [0.1, 0.15) is 5.82 Å². The molecule has 11 heteroatoms. The lowest BCUT2D eigenvalue weighted by Gasteiger charge is -2.33. The van der Waals surface area contributed by atoms with Crippen molar-refractivity contribution in [3.8, 4) is 17.2 Å². The average Bonchev–Trinajstić information content (AvgIpc) is 3.80. The number of nitrogens with zero attached hydrogens (tertiary/aromatic N) is 3. The number of halogens is 1. The Kier molecular flexibility index (Phi) is 10.7. The number of aromatic amines is 1. The van der Waals surface area contributed by atoms with Crippen molar-refractivity contribution in [2.24, 2.45) is 0 Å². The number of fused-ring (bicyclic) bond motifs is 1. The molecule has 1 fully saturated rings. The first kappa shape index (κ1) is 33.9. The van der Waals surface area contributed by atoms with Gasteiger partial charge in [-0.15, -0.1) is 0 Å². The Hall–Kier alpha value is -5.03. The molecule has 1 unspecified atom stereocenters. The number of ether oxygens (including phenoxy) is 3. The number of piperidine rings is 1. The molecule has 49 heavy (non-hydrogen) atoms. The summed E-state index contributed by atoms with van der Waals surface area (Å²) in [4.78, 5) is 26.2. The number of rotatable bonds is 14. The molecular formula is C38H44FN5O5. The lowest BCUT2D eigenvalue weighted by atomic mass is 9.94. The van der Waals surface area contributed by atoms with Gasteiger partial charge in [0.2, 0.25) is 11.7 Å². The van der Waals surface area contributed by atoms with Gasteiger partial charge in [-0.3, -0.25) is 4.79 Å². The highest BCUT2D eigenvalue weighted by molar-refractivity contribution is 5.95. The minimum atomic E-state index is -0.280. The highest BCUT2D eigenvalue weighted by Crippen LogP contribution is 2.38. The van der Waals surface area contributed by atoms with Crippen LogP contribution >= 0.6 is 0 Å². The number of furan rings is 1. The van der Waals surface area contributed by atoms with Gasteiger partial charge in [-0.2, -0.15) is 0 Å². The van der Waals surface area contributed by atoms with E-state index in [-0.39, 0.29) is 17.6 Å². The lowest BCUT2D eigenvalue weighted by Crippen LogP contribution is -2.40. The number of hydrogen-bond acceptors (Lipinski definition) is 8. The molecule has 6 rings (SSSR count). The predicted octanol–water partition coefficient (Wildman–Crippen LogP) is 6.73. The van der Waals surface area contributed by atoms with Crippen LogP contribution in [0.25, 0.3) is 11.0 Å². The van der Waals surface area contributed by atoms with E-state index < -0.39 is 0 Å². The number of amides is 1. The van der Waals surface area contributed by atoms with Crippen molar-refractivity contribution >= 4 is 22.9 Å². The molecule has 5 aromatic rings. The van der Waals surface area contributed by atoms with Crippen molar-refractivity contribution in [2.45, 2.75) is 37.6 Å². The summed E-state index contributed by atoms with van der Waals surface area (Å²) >= 11 is 0. The first-order valence-corrected chi connectivity index (χ1v) is 16.6. The molecule has 0 spiro atoms. The van der Waals surface area contributed by atoms with Gasteiger partial charge in [0.15, 0.2) is 11.5 Å². The van der Waals surface area contributed by atoms with E-state index in [0.717, 1.165) is 79.0 Å². The second-order valence-electron chi connectivity index (χ2n) is 12.6. The van der Waals surface area contributed by atoms with Crippen LogP contribution in [0.2, 0.25) is 0 Å². The standard InChI is InChI=1S/C38H44FN5O5/c1-43(37(45)29-21-33(46-2)36(48-4)34(22-29)47-3)23-28(26-8-10-30(39)11-9-26)12-16-44-17-13-31(14-18-44)40-38-41-32-7-5-6-27(35(32)42-38)20-25-15-19-49-24-25/h5-11,15,19,21-22,24,28,31H,12-14,16-18,20,23H2,1-4H3,(H2,40,41,42).